The second kappa shape index (κ2) is 8.04. The molecule has 1 atom stereocenters. The quantitative estimate of drug-likeness (QED) is 0.459. The highest BCUT2D eigenvalue weighted by Gasteiger charge is 2.20. The lowest BCUT2D eigenvalue weighted by molar-refractivity contribution is 0.0206. The van der Waals surface area contributed by atoms with E-state index in [1.54, 1.807) is 45.0 Å². The maximum atomic E-state index is 12.3. The van der Waals surface area contributed by atoms with Gasteiger partial charge < -0.3 is 14.6 Å². The third kappa shape index (κ3) is 5.62. The van der Waals surface area contributed by atoms with Crippen LogP contribution in [0.5, 0.6) is 11.5 Å². The van der Waals surface area contributed by atoms with Crippen molar-refractivity contribution in [2.75, 3.05) is 0 Å². The van der Waals surface area contributed by atoms with Gasteiger partial charge in [-0.05, 0) is 38.3 Å². The van der Waals surface area contributed by atoms with Crippen LogP contribution in [-0.2, 0) is 4.74 Å². The molecule has 2 aromatic rings. The molecule has 0 fully saturated rings. The SMILES string of the molecule is CC(CC(=O)c1ccccc1)c1ccc(OC(=O)OC(C)(C)C)cc1O. The lowest BCUT2D eigenvalue weighted by atomic mass is 9.92. The molecule has 0 saturated carbocycles. The minimum absolute atomic E-state index is 0.00609. The van der Waals surface area contributed by atoms with Crippen LogP contribution in [0.15, 0.2) is 48.5 Å². The Hall–Kier alpha value is -2.82. The first-order chi connectivity index (χ1) is 12.2. The summed E-state index contributed by atoms with van der Waals surface area (Å²) in [5, 5.41) is 10.2. The average Bonchev–Trinajstić information content (AvgIpc) is 2.53. The van der Waals surface area contributed by atoms with E-state index >= 15 is 0 Å². The summed E-state index contributed by atoms with van der Waals surface area (Å²) in [7, 11) is 0. The topological polar surface area (TPSA) is 72.8 Å². The summed E-state index contributed by atoms with van der Waals surface area (Å²) in [6.45, 7) is 7.07. The van der Waals surface area contributed by atoms with Crippen LogP contribution in [0.25, 0.3) is 0 Å². The zero-order valence-corrected chi connectivity index (χ0v) is 15.5. The molecule has 0 aliphatic rings. The van der Waals surface area contributed by atoms with Gasteiger partial charge >= 0.3 is 6.16 Å². The monoisotopic (exact) mass is 356 g/mol. The van der Waals surface area contributed by atoms with Gasteiger partial charge in [0.15, 0.2) is 5.78 Å². The van der Waals surface area contributed by atoms with Gasteiger partial charge in [-0.2, -0.15) is 0 Å². The fraction of sp³-hybridized carbons (Fsp3) is 0.333. The van der Waals surface area contributed by atoms with Crippen LogP contribution in [0, 0.1) is 0 Å². The number of hydrogen-bond acceptors (Lipinski definition) is 5. The van der Waals surface area contributed by atoms with Crippen molar-refractivity contribution in [3.05, 3.63) is 59.7 Å². The molecule has 0 bridgehead atoms. The number of carbonyl (C=O) groups is 2. The van der Waals surface area contributed by atoms with Crippen LogP contribution in [-0.4, -0.2) is 22.6 Å². The number of aromatic hydroxyl groups is 1. The number of ether oxygens (including phenoxy) is 2. The maximum absolute atomic E-state index is 12.3. The van der Waals surface area contributed by atoms with Gasteiger partial charge in [-0.15, -0.1) is 0 Å². The van der Waals surface area contributed by atoms with Crippen LogP contribution in [0.1, 0.15) is 56.0 Å². The lowest BCUT2D eigenvalue weighted by Gasteiger charge is -2.19. The van der Waals surface area contributed by atoms with Gasteiger partial charge in [-0.1, -0.05) is 43.3 Å². The van der Waals surface area contributed by atoms with Crippen molar-refractivity contribution in [3.8, 4) is 11.5 Å². The maximum Gasteiger partial charge on any atom is 0.514 e. The molecule has 5 heteroatoms. The van der Waals surface area contributed by atoms with Crippen LogP contribution in [0.2, 0.25) is 0 Å². The Balaban J connectivity index is 2.04. The Bertz CT molecular complexity index is 775. The summed E-state index contributed by atoms with van der Waals surface area (Å²) in [6, 6.07) is 13.6. The van der Waals surface area contributed by atoms with E-state index in [1.165, 1.54) is 6.07 Å². The fourth-order valence-corrected chi connectivity index (χ4v) is 2.50. The second-order valence-corrected chi connectivity index (χ2v) is 7.18. The fourth-order valence-electron chi connectivity index (χ4n) is 2.50. The number of hydrogen-bond donors (Lipinski definition) is 1. The normalized spacial score (nSPS) is 12.3. The predicted molar refractivity (Wildman–Crippen MR) is 98.8 cm³/mol. The van der Waals surface area contributed by atoms with Gasteiger partial charge in [0.1, 0.15) is 17.1 Å². The molecule has 5 nitrogen and oxygen atoms in total. The molecule has 2 aromatic carbocycles. The molecular formula is C21H24O5. The average molecular weight is 356 g/mol. The Labute approximate surface area is 153 Å². The zero-order chi connectivity index (χ0) is 19.3. The van der Waals surface area contributed by atoms with Crippen molar-refractivity contribution in [3.63, 3.8) is 0 Å². The molecule has 26 heavy (non-hydrogen) atoms. The molecule has 2 rings (SSSR count). The minimum atomic E-state index is -0.836. The van der Waals surface area contributed by atoms with Crippen molar-refractivity contribution in [2.45, 2.75) is 45.6 Å². The molecule has 0 radical (unpaired) electrons. The van der Waals surface area contributed by atoms with Gasteiger partial charge in [-0.25, -0.2) is 4.79 Å². The third-order valence-electron chi connectivity index (χ3n) is 3.71. The summed E-state index contributed by atoms with van der Waals surface area (Å²) in [5.74, 6) is -0.0219. The zero-order valence-electron chi connectivity index (χ0n) is 15.5. The van der Waals surface area contributed by atoms with Gasteiger partial charge in [0, 0.05) is 18.1 Å². The van der Waals surface area contributed by atoms with E-state index in [2.05, 4.69) is 0 Å². The van der Waals surface area contributed by atoms with E-state index in [9.17, 15) is 14.7 Å². The number of rotatable bonds is 5. The first-order valence-electron chi connectivity index (χ1n) is 8.47. The molecule has 1 unspecified atom stereocenters. The Morgan fingerprint density at radius 1 is 1.08 bits per heavy atom. The lowest BCUT2D eigenvalue weighted by Crippen LogP contribution is -2.25. The summed E-state index contributed by atoms with van der Waals surface area (Å²) in [5.41, 5.74) is 0.598. The number of phenols is 1. The summed E-state index contributed by atoms with van der Waals surface area (Å²) >= 11 is 0. The number of Topliss-reactive ketones (excluding diaryl/α,β-unsaturated/α-hetero) is 1. The van der Waals surface area contributed by atoms with Crippen molar-refractivity contribution in [1.82, 2.24) is 0 Å². The summed E-state index contributed by atoms with van der Waals surface area (Å²) in [4.78, 5) is 24.0. The van der Waals surface area contributed by atoms with E-state index in [-0.39, 0.29) is 29.6 Å². The van der Waals surface area contributed by atoms with E-state index in [0.717, 1.165) is 0 Å². The molecule has 0 spiro atoms. The molecule has 0 aliphatic carbocycles. The molecule has 0 aliphatic heterocycles. The summed E-state index contributed by atoms with van der Waals surface area (Å²) < 4.78 is 10.1. The predicted octanol–water partition coefficient (Wildman–Crippen LogP) is 5.08. The standard InChI is InChI=1S/C21H24O5/c1-14(12-18(22)15-8-6-5-7-9-15)17-11-10-16(13-19(17)23)25-20(24)26-21(2,3)4/h5-11,13-14,23H,12H2,1-4H3. The first kappa shape index (κ1) is 19.5. The van der Waals surface area contributed by atoms with Gasteiger partial charge in [0.05, 0.1) is 0 Å². The van der Waals surface area contributed by atoms with E-state index in [4.69, 9.17) is 9.47 Å². The second-order valence-electron chi connectivity index (χ2n) is 7.18. The highest BCUT2D eigenvalue weighted by atomic mass is 16.7. The Morgan fingerprint density at radius 2 is 1.73 bits per heavy atom. The molecule has 0 saturated heterocycles. The largest absolute Gasteiger partial charge is 0.514 e. The van der Waals surface area contributed by atoms with Crippen molar-refractivity contribution < 1.29 is 24.2 Å². The van der Waals surface area contributed by atoms with Crippen LogP contribution >= 0.6 is 0 Å². The third-order valence-corrected chi connectivity index (χ3v) is 3.71. The first-order valence-corrected chi connectivity index (χ1v) is 8.47. The summed E-state index contributed by atoms with van der Waals surface area (Å²) in [6.07, 6.45) is -0.568. The smallest absolute Gasteiger partial charge is 0.508 e. The van der Waals surface area contributed by atoms with E-state index in [1.807, 2.05) is 25.1 Å². The Kier molecular flexibility index (Phi) is 6.03. The minimum Gasteiger partial charge on any atom is -0.508 e. The van der Waals surface area contributed by atoms with Crippen LogP contribution < -0.4 is 4.74 Å². The van der Waals surface area contributed by atoms with Gasteiger partial charge in [-0.3, -0.25) is 4.79 Å². The molecule has 0 aromatic heterocycles. The Morgan fingerprint density at radius 3 is 2.31 bits per heavy atom. The van der Waals surface area contributed by atoms with Crippen LogP contribution in [0.3, 0.4) is 0 Å². The van der Waals surface area contributed by atoms with E-state index in [0.29, 0.717) is 11.1 Å². The number of ketones is 1. The van der Waals surface area contributed by atoms with Crippen molar-refractivity contribution >= 4 is 11.9 Å². The highest BCUT2D eigenvalue weighted by molar-refractivity contribution is 5.96. The molecule has 0 heterocycles. The molecule has 0 amide bonds. The molecule has 138 valence electrons. The highest BCUT2D eigenvalue weighted by Crippen LogP contribution is 2.32. The molecule has 1 N–H and O–H groups in total. The van der Waals surface area contributed by atoms with Gasteiger partial charge in [0.25, 0.3) is 0 Å². The molecular weight excluding hydrogens is 332 g/mol. The number of phenolic OH excluding ortho intramolecular Hbond substituents is 1. The number of benzene rings is 2. The van der Waals surface area contributed by atoms with E-state index < -0.39 is 11.8 Å². The van der Waals surface area contributed by atoms with Crippen LogP contribution in [0.4, 0.5) is 4.79 Å². The van der Waals surface area contributed by atoms with Crippen molar-refractivity contribution in [1.29, 1.82) is 0 Å². The van der Waals surface area contributed by atoms with Crippen molar-refractivity contribution in [2.24, 2.45) is 0 Å². The van der Waals surface area contributed by atoms with Gasteiger partial charge in [0.2, 0.25) is 0 Å². The number of carbonyl (C=O) groups excluding carboxylic acids is 2.